The van der Waals surface area contributed by atoms with E-state index in [1.54, 1.807) is 4.57 Å². The van der Waals surface area contributed by atoms with Gasteiger partial charge in [0.15, 0.2) is 0 Å². The third kappa shape index (κ3) is 2.04. The Labute approximate surface area is 89.9 Å². The second kappa shape index (κ2) is 4.49. The SMILES string of the molecule is CNCCc1c(C)c(C)c(C(=O)O)n1C. The Hall–Kier alpha value is -1.29. The van der Waals surface area contributed by atoms with Gasteiger partial charge in [-0.25, -0.2) is 4.79 Å². The van der Waals surface area contributed by atoms with Crippen LogP contribution in [0.25, 0.3) is 0 Å². The third-order valence-electron chi connectivity index (χ3n) is 2.91. The van der Waals surface area contributed by atoms with Gasteiger partial charge < -0.3 is 15.0 Å². The van der Waals surface area contributed by atoms with Crippen LogP contribution in [0.4, 0.5) is 0 Å². The first-order chi connectivity index (χ1) is 7.00. The molecule has 0 saturated carbocycles. The molecule has 0 aromatic carbocycles. The first-order valence-corrected chi connectivity index (χ1v) is 5.03. The maximum atomic E-state index is 11.0. The average molecular weight is 210 g/mol. The first-order valence-electron chi connectivity index (χ1n) is 5.03. The van der Waals surface area contributed by atoms with Gasteiger partial charge in [0.25, 0.3) is 0 Å². The average Bonchev–Trinajstić information content (AvgIpc) is 2.37. The molecule has 0 atom stereocenters. The molecule has 1 aromatic rings. The standard InChI is InChI=1S/C11H18N2O2/c1-7-8(2)10(11(14)15)13(4)9(7)5-6-12-3/h12H,5-6H2,1-4H3,(H,14,15). The number of carbonyl (C=O) groups is 1. The van der Waals surface area contributed by atoms with Crippen molar-refractivity contribution in [2.75, 3.05) is 13.6 Å². The zero-order valence-corrected chi connectivity index (χ0v) is 9.72. The minimum atomic E-state index is -0.853. The van der Waals surface area contributed by atoms with Crippen molar-refractivity contribution in [2.45, 2.75) is 20.3 Å². The fraction of sp³-hybridized carbons (Fsp3) is 0.545. The van der Waals surface area contributed by atoms with Crippen LogP contribution >= 0.6 is 0 Å². The molecule has 0 spiro atoms. The number of hydrogen-bond donors (Lipinski definition) is 2. The predicted octanol–water partition coefficient (Wildman–Crippen LogP) is 1.10. The van der Waals surface area contributed by atoms with Crippen LogP contribution in [0, 0.1) is 13.8 Å². The van der Waals surface area contributed by atoms with Crippen molar-refractivity contribution in [3.05, 3.63) is 22.5 Å². The maximum Gasteiger partial charge on any atom is 0.352 e. The molecule has 2 N–H and O–H groups in total. The molecule has 4 heteroatoms. The van der Waals surface area contributed by atoms with E-state index in [4.69, 9.17) is 5.11 Å². The predicted molar refractivity (Wildman–Crippen MR) is 59.5 cm³/mol. The molecule has 0 saturated heterocycles. The lowest BCUT2D eigenvalue weighted by atomic mass is 10.1. The van der Waals surface area contributed by atoms with E-state index in [-0.39, 0.29) is 0 Å². The van der Waals surface area contributed by atoms with Crippen molar-refractivity contribution in [3.8, 4) is 0 Å². The summed E-state index contributed by atoms with van der Waals surface area (Å²) < 4.78 is 1.78. The van der Waals surface area contributed by atoms with Gasteiger partial charge in [0, 0.05) is 25.7 Å². The summed E-state index contributed by atoms with van der Waals surface area (Å²) in [5.74, 6) is -0.853. The smallest absolute Gasteiger partial charge is 0.352 e. The number of carboxylic acids is 1. The van der Waals surface area contributed by atoms with Crippen LogP contribution in [-0.4, -0.2) is 29.2 Å². The second-order valence-corrected chi connectivity index (χ2v) is 3.76. The number of nitrogens with one attached hydrogen (secondary N) is 1. The summed E-state index contributed by atoms with van der Waals surface area (Å²) in [6.07, 6.45) is 0.854. The lowest BCUT2D eigenvalue weighted by molar-refractivity contribution is 0.0685. The molecule has 15 heavy (non-hydrogen) atoms. The number of hydrogen-bond acceptors (Lipinski definition) is 2. The molecule has 0 bridgehead atoms. The van der Waals surface area contributed by atoms with Crippen LogP contribution in [0.2, 0.25) is 0 Å². The normalized spacial score (nSPS) is 10.7. The van der Waals surface area contributed by atoms with Gasteiger partial charge in [-0.1, -0.05) is 0 Å². The van der Waals surface area contributed by atoms with Crippen LogP contribution in [0.1, 0.15) is 27.3 Å². The number of carboxylic acid groups (broad SMARTS) is 1. The topological polar surface area (TPSA) is 54.3 Å². The van der Waals surface area contributed by atoms with E-state index in [1.165, 1.54) is 0 Å². The van der Waals surface area contributed by atoms with Gasteiger partial charge in [-0.15, -0.1) is 0 Å². The van der Waals surface area contributed by atoms with E-state index in [0.717, 1.165) is 29.8 Å². The Balaban J connectivity index is 3.17. The van der Waals surface area contributed by atoms with E-state index in [1.807, 2.05) is 27.9 Å². The molecular weight excluding hydrogens is 192 g/mol. The third-order valence-corrected chi connectivity index (χ3v) is 2.91. The second-order valence-electron chi connectivity index (χ2n) is 3.76. The molecule has 0 amide bonds. The monoisotopic (exact) mass is 210 g/mol. The number of rotatable bonds is 4. The van der Waals surface area contributed by atoms with Crippen LogP contribution in [0.5, 0.6) is 0 Å². The molecule has 1 aromatic heterocycles. The van der Waals surface area contributed by atoms with Crippen molar-refractivity contribution < 1.29 is 9.90 Å². The minimum absolute atomic E-state index is 0.401. The lowest BCUT2D eigenvalue weighted by Crippen LogP contribution is -2.14. The van der Waals surface area contributed by atoms with Gasteiger partial charge in [-0.2, -0.15) is 0 Å². The Morgan fingerprint density at radius 1 is 1.40 bits per heavy atom. The Bertz CT molecular complexity index is 380. The van der Waals surface area contributed by atoms with Gasteiger partial charge in [-0.05, 0) is 32.0 Å². The Morgan fingerprint density at radius 3 is 2.40 bits per heavy atom. The Kier molecular flexibility index (Phi) is 3.52. The number of aromatic nitrogens is 1. The summed E-state index contributed by atoms with van der Waals surface area (Å²) in [6.45, 7) is 4.70. The number of nitrogens with zero attached hydrogens (tertiary/aromatic N) is 1. The van der Waals surface area contributed by atoms with Gasteiger partial charge in [0.1, 0.15) is 5.69 Å². The van der Waals surface area contributed by atoms with Crippen molar-refractivity contribution in [1.29, 1.82) is 0 Å². The quantitative estimate of drug-likeness (QED) is 0.782. The summed E-state index contributed by atoms with van der Waals surface area (Å²) in [4.78, 5) is 11.0. The summed E-state index contributed by atoms with van der Waals surface area (Å²) in [6, 6.07) is 0. The maximum absolute atomic E-state index is 11.0. The van der Waals surface area contributed by atoms with Crippen LogP contribution in [-0.2, 0) is 13.5 Å². The van der Waals surface area contributed by atoms with Crippen LogP contribution < -0.4 is 5.32 Å². The Morgan fingerprint density at radius 2 is 2.00 bits per heavy atom. The highest BCUT2D eigenvalue weighted by Crippen LogP contribution is 2.20. The van der Waals surface area contributed by atoms with E-state index in [9.17, 15) is 4.79 Å². The zero-order valence-electron chi connectivity index (χ0n) is 9.72. The molecule has 0 radical (unpaired) electrons. The van der Waals surface area contributed by atoms with Crippen molar-refractivity contribution in [3.63, 3.8) is 0 Å². The summed E-state index contributed by atoms with van der Waals surface area (Å²) in [7, 11) is 3.71. The summed E-state index contributed by atoms with van der Waals surface area (Å²) in [5.41, 5.74) is 3.46. The highest BCUT2D eigenvalue weighted by Gasteiger charge is 2.19. The van der Waals surface area contributed by atoms with E-state index in [0.29, 0.717) is 5.69 Å². The molecule has 0 aliphatic rings. The molecular formula is C11H18N2O2. The number of likely N-dealkylation sites (N-methyl/N-ethyl adjacent to an activating group) is 1. The van der Waals surface area contributed by atoms with E-state index < -0.39 is 5.97 Å². The first kappa shape index (κ1) is 11.8. The molecule has 84 valence electrons. The lowest BCUT2D eigenvalue weighted by Gasteiger charge is -2.05. The minimum Gasteiger partial charge on any atom is -0.477 e. The van der Waals surface area contributed by atoms with Crippen LogP contribution in [0.3, 0.4) is 0 Å². The van der Waals surface area contributed by atoms with Gasteiger partial charge in [0.2, 0.25) is 0 Å². The highest BCUT2D eigenvalue weighted by atomic mass is 16.4. The zero-order chi connectivity index (χ0) is 11.6. The van der Waals surface area contributed by atoms with E-state index >= 15 is 0 Å². The van der Waals surface area contributed by atoms with Crippen molar-refractivity contribution in [2.24, 2.45) is 7.05 Å². The molecule has 1 rings (SSSR count). The van der Waals surface area contributed by atoms with Crippen molar-refractivity contribution >= 4 is 5.97 Å². The van der Waals surface area contributed by atoms with Gasteiger partial charge in [0.05, 0.1) is 0 Å². The molecule has 0 aliphatic carbocycles. The summed E-state index contributed by atoms with van der Waals surface area (Å²) >= 11 is 0. The van der Waals surface area contributed by atoms with Gasteiger partial charge in [-0.3, -0.25) is 0 Å². The van der Waals surface area contributed by atoms with Gasteiger partial charge >= 0.3 is 5.97 Å². The fourth-order valence-electron chi connectivity index (χ4n) is 1.93. The molecule has 1 heterocycles. The highest BCUT2D eigenvalue weighted by molar-refractivity contribution is 5.88. The molecule has 4 nitrogen and oxygen atoms in total. The molecule has 0 fully saturated rings. The van der Waals surface area contributed by atoms with Crippen molar-refractivity contribution in [1.82, 2.24) is 9.88 Å². The number of aromatic carboxylic acids is 1. The molecule has 0 aliphatic heterocycles. The van der Waals surface area contributed by atoms with Crippen LogP contribution in [0.15, 0.2) is 0 Å². The largest absolute Gasteiger partial charge is 0.477 e. The fourth-order valence-corrected chi connectivity index (χ4v) is 1.93. The summed E-state index contributed by atoms with van der Waals surface area (Å²) in [5, 5.41) is 12.1. The molecule has 0 unspecified atom stereocenters. The van der Waals surface area contributed by atoms with E-state index in [2.05, 4.69) is 5.32 Å².